The maximum Gasteiger partial charge on any atom is 0.254 e. The number of nitrogens with zero attached hydrogens (tertiary/aromatic N) is 2. The van der Waals surface area contributed by atoms with Gasteiger partial charge in [-0.1, -0.05) is 0 Å². The summed E-state index contributed by atoms with van der Waals surface area (Å²) >= 11 is 0. The second kappa shape index (κ2) is 6.62. The predicted octanol–water partition coefficient (Wildman–Crippen LogP) is 0.896. The molecule has 1 aromatic carbocycles. The third-order valence-electron chi connectivity index (χ3n) is 3.30. The third kappa shape index (κ3) is 3.75. The Morgan fingerprint density at radius 1 is 1.05 bits per heavy atom. The van der Waals surface area contributed by atoms with Crippen molar-refractivity contribution in [3.8, 4) is 0 Å². The molecule has 21 heavy (non-hydrogen) atoms. The molecule has 0 spiro atoms. The van der Waals surface area contributed by atoms with Crippen LogP contribution in [0, 0.1) is 11.6 Å². The second-order valence-electron chi connectivity index (χ2n) is 4.76. The Balaban J connectivity index is 1.98. The van der Waals surface area contributed by atoms with Crippen LogP contribution in [0.25, 0.3) is 0 Å². The van der Waals surface area contributed by atoms with Crippen LogP contribution in [0.4, 0.5) is 8.78 Å². The summed E-state index contributed by atoms with van der Waals surface area (Å²) in [6.45, 7) is 1.42. The highest BCUT2D eigenvalue weighted by molar-refractivity contribution is 5.94. The number of rotatable bonds is 3. The molecule has 1 fully saturated rings. The number of methoxy groups -OCH3 is 1. The number of hydrogen-bond acceptors (Lipinski definition) is 3. The molecule has 7 heteroatoms. The van der Waals surface area contributed by atoms with E-state index in [-0.39, 0.29) is 18.1 Å². The molecule has 1 aromatic rings. The number of ether oxygens (including phenoxy) is 1. The van der Waals surface area contributed by atoms with Crippen LogP contribution in [0.3, 0.4) is 0 Å². The quantitative estimate of drug-likeness (QED) is 0.833. The van der Waals surface area contributed by atoms with Crippen molar-refractivity contribution >= 4 is 11.8 Å². The Kier molecular flexibility index (Phi) is 4.85. The van der Waals surface area contributed by atoms with Gasteiger partial charge in [0.15, 0.2) is 0 Å². The Labute approximate surface area is 121 Å². The summed E-state index contributed by atoms with van der Waals surface area (Å²) < 4.78 is 31.0. The third-order valence-corrected chi connectivity index (χ3v) is 3.30. The number of carbonyl (C=O) groups excluding carboxylic acids is 2. The molecular weight excluding hydrogens is 282 g/mol. The van der Waals surface area contributed by atoms with Gasteiger partial charge < -0.3 is 14.5 Å². The minimum Gasteiger partial charge on any atom is -0.375 e. The topological polar surface area (TPSA) is 49.9 Å². The SMILES string of the molecule is COCC(=O)N1CCN(C(=O)c2cc(F)cc(F)c2)CC1. The van der Waals surface area contributed by atoms with Crippen LogP contribution >= 0.6 is 0 Å². The van der Waals surface area contributed by atoms with Gasteiger partial charge in [-0.25, -0.2) is 8.78 Å². The molecule has 1 aliphatic heterocycles. The number of amides is 2. The molecule has 0 saturated carbocycles. The number of halogens is 2. The minimum atomic E-state index is -0.785. The van der Waals surface area contributed by atoms with E-state index in [1.165, 1.54) is 12.0 Å². The Morgan fingerprint density at radius 3 is 2.10 bits per heavy atom. The van der Waals surface area contributed by atoms with E-state index in [1.807, 2.05) is 0 Å². The molecule has 0 N–H and O–H groups in total. The zero-order chi connectivity index (χ0) is 15.4. The lowest BCUT2D eigenvalue weighted by atomic mass is 10.1. The van der Waals surface area contributed by atoms with E-state index >= 15 is 0 Å². The standard InChI is InChI=1S/C14H16F2N2O3/c1-21-9-13(19)17-2-4-18(5-3-17)14(20)10-6-11(15)8-12(16)7-10/h6-8H,2-5,9H2,1H3. The first-order chi connectivity index (χ1) is 10.0. The molecule has 1 saturated heterocycles. The summed E-state index contributed by atoms with van der Waals surface area (Å²) in [5.74, 6) is -2.15. The van der Waals surface area contributed by atoms with E-state index in [9.17, 15) is 18.4 Å². The fraction of sp³-hybridized carbons (Fsp3) is 0.429. The first kappa shape index (κ1) is 15.4. The molecule has 2 rings (SSSR count). The van der Waals surface area contributed by atoms with Crippen LogP contribution < -0.4 is 0 Å². The van der Waals surface area contributed by atoms with E-state index in [2.05, 4.69) is 0 Å². The molecule has 114 valence electrons. The molecule has 0 radical (unpaired) electrons. The largest absolute Gasteiger partial charge is 0.375 e. The van der Waals surface area contributed by atoms with Gasteiger partial charge in [-0.2, -0.15) is 0 Å². The lowest BCUT2D eigenvalue weighted by Crippen LogP contribution is -2.51. The summed E-state index contributed by atoms with van der Waals surface area (Å²) in [7, 11) is 1.44. The lowest BCUT2D eigenvalue weighted by molar-refractivity contribution is -0.136. The molecule has 2 amide bonds. The van der Waals surface area contributed by atoms with Crippen molar-refractivity contribution in [2.24, 2.45) is 0 Å². The van der Waals surface area contributed by atoms with E-state index in [0.29, 0.717) is 26.2 Å². The second-order valence-corrected chi connectivity index (χ2v) is 4.76. The van der Waals surface area contributed by atoms with Gasteiger partial charge in [0, 0.05) is 44.9 Å². The number of carbonyl (C=O) groups is 2. The summed E-state index contributed by atoms with van der Waals surface area (Å²) in [5.41, 5.74) is -0.0239. The van der Waals surface area contributed by atoms with E-state index in [1.54, 1.807) is 4.90 Å². The first-order valence-corrected chi connectivity index (χ1v) is 6.53. The fourth-order valence-electron chi connectivity index (χ4n) is 2.23. The molecule has 0 unspecified atom stereocenters. The van der Waals surface area contributed by atoms with Crippen molar-refractivity contribution in [3.05, 3.63) is 35.4 Å². The number of benzene rings is 1. The van der Waals surface area contributed by atoms with Gasteiger partial charge in [-0.05, 0) is 12.1 Å². The van der Waals surface area contributed by atoms with Gasteiger partial charge in [-0.3, -0.25) is 9.59 Å². The molecular formula is C14H16F2N2O3. The van der Waals surface area contributed by atoms with Gasteiger partial charge in [-0.15, -0.1) is 0 Å². The van der Waals surface area contributed by atoms with Crippen molar-refractivity contribution in [1.29, 1.82) is 0 Å². The van der Waals surface area contributed by atoms with Gasteiger partial charge in [0.1, 0.15) is 18.2 Å². The van der Waals surface area contributed by atoms with Crippen LogP contribution in [0.1, 0.15) is 10.4 Å². The summed E-state index contributed by atoms with van der Waals surface area (Å²) in [6.07, 6.45) is 0. The van der Waals surface area contributed by atoms with Crippen LogP contribution in [-0.2, 0) is 9.53 Å². The van der Waals surface area contributed by atoms with Crippen molar-refractivity contribution in [2.75, 3.05) is 39.9 Å². The normalized spacial score (nSPS) is 15.2. The number of hydrogen-bond donors (Lipinski definition) is 0. The van der Waals surface area contributed by atoms with Crippen molar-refractivity contribution in [1.82, 2.24) is 9.80 Å². The Morgan fingerprint density at radius 2 is 1.57 bits per heavy atom. The monoisotopic (exact) mass is 298 g/mol. The van der Waals surface area contributed by atoms with Crippen molar-refractivity contribution in [2.45, 2.75) is 0 Å². The first-order valence-electron chi connectivity index (χ1n) is 6.53. The Hall–Kier alpha value is -2.02. The highest BCUT2D eigenvalue weighted by Crippen LogP contribution is 2.12. The van der Waals surface area contributed by atoms with Crippen molar-refractivity contribution in [3.63, 3.8) is 0 Å². The van der Waals surface area contributed by atoms with Gasteiger partial charge in [0.2, 0.25) is 5.91 Å². The van der Waals surface area contributed by atoms with Crippen LogP contribution in [-0.4, -0.2) is 61.5 Å². The molecule has 1 heterocycles. The van der Waals surface area contributed by atoms with Crippen LogP contribution in [0.5, 0.6) is 0 Å². The molecule has 5 nitrogen and oxygen atoms in total. The number of piperazine rings is 1. The van der Waals surface area contributed by atoms with E-state index < -0.39 is 17.5 Å². The highest BCUT2D eigenvalue weighted by Gasteiger charge is 2.25. The molecule has 0 bridgehead atoms. The van der Waals surface area contributed by atoms with E-state index in [0.717, 1.165) is 18.2 Å². The highest BCUT2D eigenvalue weighted by atomic mass is 19.1. The lowest BCUT2D eigenvalue weighted by Gasteiger charge is -2.34. The van der Waals surface area contributed by atoms with Crippen LogP contribution in [0.2, 0.25) is 0 Å². The van der Waals surface area contributed by atoms with E-state index in [4.69, 9.17) is 4.74 Å². The fourth-order valence-corrected chi connectivity index (χ4v) is 2.23. The summed E-state index contributed by atoms with van der Waals surface area (Å²) in [4.78, 5) is 26.9. The smallest absolute Gasteiger partial charge is 0.254 e. The molecule has 0 aromatic heterocycles. The van der Waals surface area contributed by atoms with Gasteiger partial charge in [0.25, 0.3) is 5.91 Å². The minimum absolute atomic E-state index is 0.00303. The zero-order valence-corrected chi connectivity index (χ0v) is 11.6. The van der Waals surface area contributed by atoms with Gasteiger partial charge >= 0.3 is 0 Å². The summed E-state index contributed by atoms with van der Waals surface area (Å²) in [5, 5.41) is 0. The summed E-state index contributed by atoms with van der Waals surface area (Å²) in [6, 6.07) is 2.74. The predicted molar refractivity (Wildman–Crippen MR) is 70.7 cm³/mol. The maximum atomic E-state index is 13.1. The average molecular weight is 298 g/mol. The van der Waals surface area contributed by atoms with Gasteiger partial charge in [0.05, 0.1) is 0 Å². The molecule has 0 aliphatic carbocycles. The molecule has 0 atom stereocenters. The average Bonchev–Trinajstić information content (AvgIpc) is 2.46. The zero-order valence-electron chi connectivity index (χ0n) is 11.6. The maximum absolute atomic E-state index is 13.1. The Bertz CT molecular complexity index is 523. The molecule has 1 aliphatic rings. The van der Waals surface area contributed by atoms with Crippen LogP contribution in [0.15, 0.2) is 18.2 Å². The van der Waals surface area contributed by atoms with Crippen molar-refractivity contribution < 1.29 is 23.1 Å².